The highest BCUT2D eigenvalue weighted by Gasteiger charge is 2.07. The zero-order chi connectivity index (χ0) is 13.3. The molecule has 3 N–H and O–H groups in total. The summed E-state index contributed by atoms with van der Waals surface area (Å²) in [4.78, 5) is 1.21. The van der Waals surface area contributed by atoms with Gasteiger partial charge in [-0.15, -0.1) is 11.3 Å². The van der Waals surface area contributed by atoms with E-state index >= 15 is 0 Å². The molecule has 0 aliphatic carbocycles. The summed E-state index contributed by atoms with van der Waals surface area (Å²) in [6.07, 6.45) is 2.80. The normalized spacial score (nSPS) is 11.0. The van der Waals surface area contributed by atoms with Crippen molar-refractivity contribution in [2.45, 2.75) is 13.0 Å². The summed E-state index contributed by atoms with van der Waals surface area (Å²) in [7, 11) is 0. The number of hydrogen-bond donors (Lipinski definition) is 3. The molecule has 2 heterocycles. The molecule has 2 aromatic heterocycles. The summed E-state index contributed by atoms with van der Waals surface area (Å²) in [5, 5.41) is 21.1. The summed E-state index contributed by atoms with van der Waals surface area (Å²) in [5.74, 6) is 0. The molecule has 0 unspecified atom stereocenters. The SMILES string of the molecule is OCCOCCCNCc1cn[nH]c1-c1cccs1. The monoisotopic (exact) mass is 281 g/mol. The molecule has 0 spiro atoms. The minimum absolute atomic E-state index is 0.0899. The Morgan fingerprint density at radius 3 is 3.16 bits per heavy atom. The fourth-order valence-corrected chi connectivity index (χ4v) is 2.52. The van der Waals surface area contributed by atoms with Crippen LogP contribution in [0.1, 0.15) is 12.0 Å². The number of aromatic amines is 1. The van der Waals surface area contributed by atoms with Crippen molar-refractivity contribution in [1.29, 1.82) is 0 Å². The van der Waals surface area contributed by atoms with Crippen LogP contribution in [-0.4, -0.2) is 41.7 Å². The van der Waals surface area contributed by atoms with Crippen molar-refractivity contribution in [1.82, 2.24) is 15.5 Å². The molecule has 0 saturated heterocycles. The molecule has 5 nitrogen and oxygen atoms in total. The molecule has 0 saturated carbocycles. The molecule has 0 aliphatic heterocycles. The van der Waals surface area contributed by atoms with Crippen molar-refractivity contribution in [2.24, 2.45) is 0 Å². The molecule has 2 aromatic rings. The van der Waals surface area contributed by atoms with Gasteiger partial charge in [0.25, 0.3) is 0 Å². The van der Waals surface area contributed by atoms with E-state index in [9.17, 15) is 0 Å². The fraction of sp³-hybridized carbons (Fsp3) is 0.462. The van der Waals surface area contributed by atoms with Gasteiger partial charge in [-0.05, 0) is 24.4 Å². The van der Waals surface area contributed by atoms with Gasteiger partial charge in [0.1, 0.15) is 0 Å². The van der Waals surface area contributed by atoms with E-state index in [-0.39, 0.29) is 6.61 Å². The number of rotatable bonds is 9. The van der Waals surface area contributed by atoms with Crippen molar-refractivity contribution in [2.75, 3.05) is 26.4 Å². The minimum Gasteiger partial charge on any atom is -0.394 e. The predicted octanol–water partition coefficient (Wildman–Crippen LogP) is 1.63. The van der Waals surface area contributed by atoms with Gasteiger partial charge in [-0.25, -0.2) is 0 Å². The molecule has 2 rings (SSSR count). The Labute approximate surface area is 116 Å². The molecule has 6 heteroatoms. The number of ether oxygens (including phenoxy) is 1. The molecule has 0 radical (unpaired) electrons. The Morgan fingerprint density at radius 1 is 1.42 bits per heavy atom. The van der Waals surface area contributed by atoms with Crippen LogP contribution in [0.25, 0.3) is 10.6 Å². The summed E-state index contributed by atoms with van der Waals surface area (Å²) in [5.41, 5.74) is 2.28. The van der Waals surface area contributed by atoms with E-state index in [4.69, 9.17) is 9.84 Å². The maximum atomic E-state index is 8.56. The van der Waals surface area contributed by atoms with Crippen LogP contribution in [0, 0.1) is 0 Å². The van der Waals surface area contributed by atoms with E-state index in [1.165, 1.54) is 10.4 Å². The molecule has 0 amide bonds. The van der Waals surface area contributed by atoms with E-state index in [1.807, 2.05) is 12.3 Å². The Balaban J connectivity index is 1.71. The van der Waals surface area contributed by atoms with Crippen LogP contribution in [-0.2, 0) is 11.3 Å². The van der Waals surface area contributed by atoms with Gasteiger partial charge in [-0.1, -0.05) is 6.07 Å². The fourth-order valence-electron chi connectivity index (χ4n) is 1.77. The van der Waals surface area contributed by atoms with Crippen molar-refractivity contribution < 1.29 is 9.84 Å². The van der Waals surface area contributed by atoms with Gasteiger partial charge in [-0.3, -0.25) is 5.10 Å². The van der Waals surface area contributed by atoms with Crippen molar-refractivity contribution in [3.05, 3.63) is 29.3 Å². The molecular formula is C13H19N3O2S. The predicted molar refractivity (Wildman–Crippen MR) is 76.1 cm³/mol. The molecule has 0 fully saturated rings. The molecule has 104 valence electrons. The third-order valence-corrected chi connectivity index (χ3v) is 3.57. The first kappa shape index (κ1) is 14.2. The standard InChI is InChI=1S/C13H19N3O2S/c17-5-7-18-6-2-4-14-9-11-10-15-16-13(11)12-3-1-8-19-12/h1,3,8,10,14,17H,2,4-7,9H2,(H,15,16). The zero-order valence-corrected chi connectivity index (χ0v) is 11.6. The third-order valence-electron chi connectivity index (χ3n) is 2.68. The van der Waals surface area contributed by atoms with Crippen molar-refractivity contribution in [3.8, 4) is 10.6 Å². The quantitative estimate of drug-likeness (QED) is 0.611. The molecule has 0 aliphatic rings. The molecule has 0 bridgehead atoms. The summed E-state index contributed by atoms with van der Waals surface area (Å²) >= 11 is 1.70. The second kappa shape index (κ2) is 8.06. The largest absolute Gasteiger partial charge is 0.394 e. The maximum Gasteiger partial charge on any atom is 0.0794 e. The van der Waals surface area contributed by atoms with Gasteiger partial charge in [0.05, 0.1) is 30.0 Å². The molecule has 0 aromatic carbocycles. The number of hydrogen-bond acceptors (Lipinski definition) is 5. The molecule has 19 heavy (non-hydrogen) atoms. The van der Waals surface area contributed by atoms with Gasteiger partial charge < -0.3 is 15.2 Å². The first-order valence-electron chi connectivity index (χ1n) is 6.37. The Bertz CT molecular complexity index is 456. The number of nitrogens with zero attached hydrogens (tertiary/aromatic N) is 1. The van der Waals surface area contributed by atoms with Crippen LogP contribution in [0.3, 0.4) is 0 Å². The second-order valence-electron chi connectivity index (χ2n) is 4.11. The number of aliphatic hydroxyl groups is 1. The number of thiophene rings is 1. The first-order valence-corrected chi connectivity index (χ1v) is 7.25. The van der Waals surface area contributed by atoms with E-state index < -0.39 is 0 Å². The van der Waals surface area contributed by atoms with Gasteiger partial charge in [0, 0.05) is 18.7 Å². The highest BCUT2D eigenvalue weighted by Crippen LogP contribution is 2.25. The lowest BCUT2D eigenvalue weighted by atomic mass is 10.2. The smallest absolute Gasteiger partial charge is 0.0794 e. The van der Waals surface area contributed by atoms with Crippen LogP contribution in [0.5, 0.6) is 0 Å². The first-order chi connectivity index (χ1) is 9.42. The number of aliphatic hydroxyl groups excluding tert-OH is 1. The van der Waals surface area contributed by atoms with Crippen molar-refractivity contribution in [3.63, 3.8) is 0 Å². The lowest BCUT2D eigenvalue weighted by molar-refractivity contribution is 0.0907. The minimum atomic E-state index is 0.0899. The van der Waals surface area contributed by atoms with Crippen LogP contribution >= 0.6 is 11.3 Å². The Hall–Kier alpha value is -1.21. The zero-order valence-electron chi connectivity index (χ0n) is 10.8. The second-order valence-corrected chi connectivity index (χ2v) is 5.06. The van der Waals surface area contributed by atoms with Crippen LogP contribution in [0.4, 0.5) is 0 Å². The number of H-pyrrole nitrogens is 1. The average molecular weight is 281 g/mol. The lowest BCUT2D eigenvalue weighted by Gasteiger charge is -2.05. The lowest BCUT2D eigenvalue weighted by Crippen LogP contribution is -2.16. The highest BCUT2D eigenvalue weighted by molar-refractivity contribution is 7.13. The van der Waals surface area contributed by atoms with E-state index in [0.29, 0.717) is 13.2 Å². The average Bonchev–Trinajstić information content (AvgIpc) is 3.08. The van der Waals surface area contributed by atoms with Crippen LogP contribution < -0.4 is 5.32 Å². The Kier molecular flexibility index (Phi) is 6.03. The number of aromatic nitrogens is 2. The maximum absolute atomic E-state index is 8.56. The van der Waals surface area contributed by atoms with Gasteiger partial charge in [-0.2, -0.15) is 5.10 Å². The topological polar surface area (TPSA) is 70.2 Å². The van der Waals surface area contributed by atoms with Crippen molar-refractivity contribution >= 4 is 11.3 Å². The summed E-state index contributed by atoms with van der Waals surface area (Å²) in [6.45, 7) is 2.87. The van der Waals surface area contributed by atoms with E-state index in [2.05, 4.69) is 27.0 Å². The van der Waals surface area contributed by atoms with Crippen LogP contribution in [0.2, 0.25) is 0 Å². The highest BCUT2D eigenvalue weighted by atomic mass is 32.1. The number of nitrogens with one attached hydrogen (secondary N) is 2. The molecule has 0 atom stereocenters. The van der Waals surface area contributed by atoms with Gasteiger partial charge in [0.2, 0.25) is 0 Å². The molecular weight excluding hydrogens is 262 g/mol. The van der Waals surface area contributed by atoms with Gasteiger partial charge in [0.15, 0.2) is 0 Å². The summed E-state index contributed by atoms with van der Waals surface area (Å²) < 4.78 is 5.20. The van der Waals surface area contributed by atoms with E-state index in [1.54, 1.807) is 11.3 Å². The van der Waals surface area contributed by atoms with Crippen LogP contribution in [0.15, 0.2) is 23.7 Å². The van der Waals surface area contributed by atoms with E-state index in [0.717, 1.165) is 25.2 Å². The van der Waals surface area contributed by atoms with Gasteiger partial charge >= 0.3 is 0 Å². The summed E-state index contributed by atoms with van der Waals surface area (Å²) in [6, 6.07) is 4.13. The third kappa shape index (κ3) is 4.43. The Morgan fingerprint density at radius 2 is 2.37 bits per heavy atom.